The molecule has 116 valence electrons. The van der Waals surface area contributed by atoms with Gasteiger partial charge in [0.05, 0.1) is 11.7 Å². The van der Waals surface area contributed by atoms with E-state index in [-0.39, 0.29) is 76.7 Å². The Labute approximate surface area is 184 Å². The molecule has 0 aromatic heterocycles. The molecule has 0 radical (unpaired) electrons. The van der Waals surface area contributed by atoms with Gasteiger partial charge in [0.15, 0.2) is 0 Å². The molecular formula is C13H18BNNa2O5S. The summed E-state index contributed by atoms with van der Waals surface area (Å²) in [5.41, 5.74) is 6.55. The van der Waals surface area contributed by atoms with Crippen molar-refractivity contribution in [1.82, 2.24) is 0 Å². The number of carboxylic acids is 1. The monoisotopic (exact) mass is 357 g/mol. The van der Waals surface area contributed by atoms with E-state index < -0.39 is 12.7 Å². The first-order valence-electron chi connectivity index (χ1n) is 6.88. The van der Waals surface area contributed by atoms with Gasteiger partial charge in [-0.2, -0.15) is 11.8 Å². The normalized spacial score (nSPS) is 14.7. The van der Waals surface area contributed by atoms with Crippen molar-refractivity contribution in [3.8, 4) is 5.75 Å². The van der Waals surface area contributed by atoms with Crippen LogP contribution in [0.4, 0.5) is 0 Å². The van der Waals surface area contributed by atoms with Crippen molar-refractivity contribution >= 4 is 24.5 Å². The van der Waals surface area contributed by atoms with Crippen LogP contribution in [0.2, 0.25) is 6.32 Å². The van der Waals surface area contributed by atoms with Crippen LogP contribution >= 0.6 is 11.8 Å². The molecule has 1 heterocycles. The summed E-state index contributed by atoms with van der Waals surface area (Å²) in [5, 5.41) is 30.7. The molecule has 0 spiro atoms. The fourth-order valence-corrected chi connectivity index (χ4v) is 3.28. The molecule has 23 heavy (non-hydrogen) atoms. The van der Waals surface area contributed by atoms with Crippen LogP contribution in [-0.2, 0) is 12.2 Å². The van der Waals surface area contributed by atoms with Gasteiger partial charge in [-0.15, -0.1) is 0 Å². The van der Waals surface area contributed by atoms with Crippen molar-refractivity contribution < 1.29 is 83.7 Å². The van der Waals surface area contributed by atoms with Crippen LogP contribution in [0, 0.1) is 0 Å². The number of thioether (sulfide) groups is 1. The minimum absolute atomic E-state index is 0. The average molecular weight is 357 g/mol. The number of carboxylic acid groups (broad SMARTS) is 1. The molecule has 0 unspecified atom stereocenters. The second-order valence-corrected chi connectivity index (χ2v) is 6.19. The molecule has 0 saturated heterocycles. The van der Waals surface area contributed by atoms with Crippen LogP contribution in [0.3, 0.4) is 0 Å². The summed E-state index contributed by atoms with van der Waals surface area (Å²) in [6.45, 7) is -2.40. The third-order valence-electron chi connectivity index (χ3n) is 3.38. The number of benzene rings is 1. The number of aromatic carboxylic acids is 1. The summed E-state index contributed by atoms with van der Waals surface area (Å²) in [5.74, 6) is -0.0241. The second kappa shape index (κ2) is 10.7. The Morgan fingerprint density at radius 2 is 2.09 bits per heavy atom. The summed E-state index contributed by atoms with van der Waals surface area (Å²) in [7, 11) is 0. The number of hydrogen-bond donors (Lipinski definition) is 3. The Hall–Kier alpha value is 0.785. The Bertz CT molecular complexity index is 547. The maximum atomic E-state index is 11.4. The van der Waals surface area contributed by atoms with Gasteiger partial charge in [-0.1, -0.05) is 18.5 Å². The van der Waals surface area contributed by atoms with Gasteiger partial charge in [0.2, 0.25) is 0 Å². The SMILES string of the molecule is NCCCSCc1ccc2c(c1C(=O)[O-])O[B-](O)(O)CC2.[Na+].[Na+]. The van der Waals surface area contributed by atoms with Gasteiger partial charge in [-0.3, -0.25) is 0 Å². The minimum Gasteiger partial charge on any atom is -0.669 e. The Kier molecular flexibility index (Phi) is 11.1. The molecule has 1 aliphatic rings. The molecule has 6 nitrogen and oxygen atoms in total. The van der Waals surface area contributed by atoms with Crippen LogP contribution in [0.5, 0.6) is 5.75 Å². The first-order valence-corrected chi connectivity index (χ1v) is 8.03. The molecule has 0 saturated carbocycles. The number of nitrogens with two attached hydrogens (primary N) is 1. The predicted octanol–water partition coefficient (Wildman–Crippen LogP) is -6.50. The van der Waals surface area contributed by atoms with Gasteiger partial charge >= 0.3 is 65.9 Å². The molecule has 4 N–H and O–H groups in total. The molecule has 0 amide bonds. The predicted molar refractivity (Wildman–Crippen MR) is 79.9 cm³/mol. The van der Waals surface area contributed by atoms with Gasteiger partial charge in [0, 0.05) is 11.3 Å². The molecule has 2 rings (SSSR count). The molecular weight excluding hydrogens is 339 g/mol. The standard InChI is InChI=1S/C13H19BNO5S.2Na/c15-6-1-7-21-8-10-3-2-9-4-5-14(18,19)20-12(9)11(10)13(16)17;;/h2-3,18-19H,1,4-8,15H2,(H,16,17);;/q-1;2*+1/p-1. The summed E-state index contributed by atoms with van der Waals surface area (Å²) in [6, 6.07) is 3.50. The van der Waals surface area contributed by atoms with Gasteiger partial charge in [0.25, 0.3) is 0 Å². The zero-order valence-corrected chi connectivity index (χ0v) is 18.4. The number of carbonyl (C=O) groups is 1. The van der Waals surface area contributed by atoms with E-state index in [0.717, 1.165) is 12.2 Å². The first-order chi connectivity index (χ1) is 9.94. The van der Waals surface area contributed by atoms with Crippen LogP contribution < -0.4 is 74.6 Å². The van der Waals surface area contributed by atoms with E-state index >= 15 is 0 Å². The summed E-state index contributed by atoms with van der Waals surface area (Å²) in [4.78, 5) is 11.4. The molecule has 0 atom stereocenters. The maximum absolute atomic E-state index is 11.4. The quantitative estimate of drug-likeness (QED) is 0.343. The fraction of sp³-hybridized carbons (Fsp3) is 0.462. The minimum atomic E-state index is -2.99. The van der Waals surface area contributed by atoms with Crippen molar-refractivity contribution in [2.45, 2.75) is 24.9 Å². The molecule has 1 aliphatic heterocycles. The smallest absolute Gasteiger partial charge is 0.669 e. The number of rotatable bonds is 6. The average Bonchev–Trinajstić information content (AvgIpc) is 2.41. The second-order valence-electron chi connectivity index (χ2n) is 5.08. The van der Waals surface area contributed by atoms with E-state index in [0.29, 0.717) is 29.8 Å². The Morgan fingerprint density at radius 1 is 1.39 bits per heavy atom. The third-order valence-corrected chi connectivity index (χ3v) is 4.47. The topological polar surface area (TPSA) is 116 Å². The zero-order valence-electron chi connectivity index (χ0n) is 13.6. The van der Waals surface area contributed by atoms with Gasteiger partial charge in [-0.25, -0.2) is 0 Å². The maximum Gasteiger partial charge on any atom is 1.00 e. The molecule has 0 fully saturated rings. The summed E-state index contributed by atoms with van der Waals surface area (Å²) < 4.78 is 5.10. The van der Waals surface area contributed by atoms with Crippen LogP contribution in [-0.4, -0.2) is 35.1 Å². The van der Waals surface area contributed by atoms with Crippen LogP contribution in [0.25, 0.3) is 0 Å². The van der Waals surface area contributed by atoms with Gasteiger partial charge in [-0.05, 0) is 36.3 Å². The van der Waals surface area contributed by atoms with E-state index in [2.05, 4.69) is 0 Å². The van der Waals surface area contributed by atoms with Crippen molar-refractivity contribution in [3.05, 3.63) is 28.8 Å². The largest absolute Gasteiger partial charge is 1.00 e. The number of aryl methyl sites for hydroxylation is 1. The third kappa shape index (κ3) is 6.54. The van der Waals surface area contributed by atoms with E-state index in [1.807, 2.05) is 0 Å². The number of carbonyl (C=O) groups excluding carboxylic acids is 1. The Balaban J connectivity index is 0.00000242. The van der Waals surface area contributed by atoms with E-state index in [1.165, 1.54) is 0 Å². The molecule has 0 bridgehead atoms. The Morgan fingerprint density at radius 3 is 2.70 bits per heavy atom. The van der Waals surface area contributed by atoms with Crippen molar-refractivity contribution in [1.29, 1.82) is 0 Å². The molecule has 10 heteroatoms. The van der Waals surface area contributed by atoms with Gasteiger partial charge in [0.1, 0.15) is 0 Å². The first kappa shape index (κ1) is 23.8. The van der Waals surface area contributed by atoms with Crippen molar-refractivity contribution in [3.63, 3.8) is 0 Å². The molecule has 1 aromatic carbocycles. The fourth-order valence-electron chi connectivity index (χ4n) is 2.30. The number of hydrogen-bond acceptors (Lipinski definition) is 7. The van der Waals surface area contributed by atoms with Crippen molar-refractivity contribution in [2.75, 3.05) is 12.3 Å². The zero-order chi connectivity index (χ0) is 15.5. The van der Waals surface area contributed by atoms with E-state index in [4.69, 9.17) is 10.4 Å². The summed E-state index contributed by atoms with van der Waals surface area (Å²) in [6.07, 6.45) is 1.28. The number of fused-ring (bicyclic) bond motifs is 1. The van der Waals surface area contributed by atoms with E-state index in [1.54, 1.807) is 23.9 Å². The van der Waals surface area contributed by atoms with Gasteiger partial charge < -0.3 is 30.3 Å². The van der Waals surface area contributed by atoms with Crippen LogP contribution in [0.1, 0.15) is 27.9 Å². The summed E-state index contributed by atoms with van der Waals surface area (Å²) >= 11 is 1.57. The molecule has 0 aliphatic carbocycles. The van der Waals surface area contributed by atoms with Crippen LogP contribution in [0.15, 0.2) is 12.1 Å². The van der Waals surface area contributed by atoms with Crippen molar-refractivity contribution in [2.24, 2.45) is 5.73 Å². The molecule has 1 aromatic rings. The van der Waals surface area contributed by atoms with E-state index in [9.17, 15) is 19.9 Å².